The third-order valence-electron chi connectivity index (χ3n) is 1.23. The van der Waals surface area contributed by atoms with E-state index < -0.39 is 0 Å². The molecule has 2 rings (SSSR count). The van der Waals surface area contributed by atoms with E-state index in [9.17, 15) is 0 Å². The molecule has 0 unspecified atom stereocenters. The summed E-state index contributed by atoms with van der Waals surface area (Å²) < 4.78 is 4.64. The molecule has 0 atom stereocenters. The first-order chi connectivity index (χ1) is 4.47. The molecular formula is C7H5NTe. The van der Waals surface area contributed by atoms with Gasteiger partial charge in [0.15, 0.2) is 0 Å². The predicted molar refractivity (Wildman–Crippen MR) is 38.7 cm³/mol. The van der Waals surface area contributed by atoms with Crippen LogP contribution in [0.2, 0.25) is 0 Å². The van der Waals surface area contributed by atoms with E-state index >= 15 is 0 Å². The number of para-hydroxylation sites is 1. The number of hydrogen-bond acceptors (Lipinski definition) is 1. The molecule has 1 heterocycles. The molecule has 2 radical (unpaired) electrons. The van der Waals surface area contributed by atoms with Crippen LogP contribution in [0.1, 0.15) is 0 Å². The Kier molecular flexibility index (Phi) is 1.37. The second-order valence-electron chi connectivity index (χ2n) is 1.83. The summed E-state index contributed by atoms with van der Waals surface area (Å²) in [6.07, 6.45) is 0. The van der Waals surface area contributed by atoms with E-state index in [1.807, 2.05) is 6.07 Å². The van der Waals surface area contributed by atoms with Crippen LogP contribution in [0.5, 0.6) is 0 Å². The van der Waals surface area contributed by atoms with Crippen molar-refractivity contribution in [2.45, 2.75) is 0 Å². The molecule has 0 aromatic heterocycles. The molecule has 0 spiro atoms. The molecule has 0 saturated carbocycles. The van der Waals surface area contributed by atoms with Crippen LogP contribution in [-0.4, -0.2) is 20.9 Å². The van der Waals surface area contributed by atoms with Gasteiger partial charge < -0.3 is 0 Å². The summed E-state index contributed by atoms with van der Waals surface area (Å²) in [5, 5.41) is 3.11. The second-order valence-corrected chi connectivity index (χ2v) is 4.25. The van der Waals surface area contributed by atoms with Crippen LogP contribution in [0.15, 0.2) is 24.3 Å². The van der Waals surface area contributed by atoms with Gasteiger partial charge in [-0.25, -0.2) is 0 Å². The van der Waals surface area contributed by atoms with Crippen molar-refractivity contribution in [2.75, 3.05) is 5.32 Å². The molecule has 2 heteroatoms. The summed E-state index contributed by atoms with van der Waals surface area (Å²) in [7, 11) is 0. The average molecular weight is 231 g/mol. The van der Waals surface area contributed by atoms with Crippen LogP contribution < -0.4 is 8.93 Å². The van der Waals surface area contributed by atoms with E-state index in [4.69, 9.17) is 0 Å². The Morgan fingerprint density at radius 3 is 3.11 bits per heavy atom. The normalized spacial score (nSPS) is 14.7. The van der Waals surface area contributed by atoms with Gasteiger partial charge in [-0.05, 0) is 0 Å². The third-order valence-corrected chi connectivity index (χ3v) is 3.46. The third kappa shape index (κ3) is 0.933. The summed E-state index contributed by atoms with van der Waals surface area (Å²) in [5.74, 6) is 0. The molecule has 0 saturated heterocycles. The first kappa shape index (κ1) is 5.58. The van der Waals surface area contributed by atoms with Crippen molar-refractivity contribution in [3.63, 3.8) is 0 Å². The van der Waals surface area contributed by atoms with Crippen molar-refractivity contribution < 1.29 is 0 Å². The summed E-state index contributed by atoms with van der Waals surface area (Å²) >= 11 is -0.0985. The van der Waals surface area contributed by atoms with Crippen molar-refractivity contribution in [3.8, 4) is 0 Å². The van der Waals surface area contributed by atoms with Gasteiger partial charge in [-0.3, -0.25) is 0 Å². The van der Waals surface area contributed by atoms with E-state index in [-0.39, 0.29) is 20.9 Å². The maximum atomic E-state index is 3.17. The SMILES string of the molecule is [C]1Nc2ccccc2[Te]1. The molecule has 1 aromatic carbocycles. The first-order valence-electron chi connectivity index (χ1n) is 2.74. The van der Waals surface area contributed by atoms with Crippen LogP contribution in [0, 0.1) is 4.59 Å². The quantitative estimate of drug-likeness (QED) is 0.638. The fraction of sp³-hybridized carbons (Fsp3) is 0. The molecule has 0 fully saturated rings. The summed E-state index contributed by atoms with van der Waals surface area (Å²) in [6, 6.07) is 8.40. The number of rotatable bonds is 0. The molecule has 1 aromatic rings. The fourth-order valence-corrected chi connectivity index (χ4v) is 2.64. The second kappa shape index (κ2) is 2.21. The van der Waals surface area contributed by atoms with Gasteiger partial charge in [-0.1, -0.05) is 0 Å². The van der Waals surface area contributed by atoms with Crippen LogP contribution in [0.25, 0.3) is 0 Å². The Morgan fingerprint density at radius 1 is 1.33 bits per heavy atom. The van der Waals surface area contributed by atoms with Crippen LogP contribution in [-0.2, 0) is 0 Å². The van der Waals surface area contributed by atoms with Crippen molar-refractivity contribution in [1.82, 2.24) is 0 Å². The van der Waals surface area contributed by atoms with E-state index in [1.165, 1.54) is 9.30 Å². The van der Waals surface area contributed by atoms with Crippen molar-refractivity contribution in [3.05, 3.63) is 28.9 Å². The molecule has 9 heavy (non-hydrogen) atoms. The Bertz CT molecular complexity index is 199. The van der Waals surface area contributed by atoms with Gasteiger partial charge in [0.25, 0.3) is 0 Å². The zero-order chi connectivity index (χ0) is 6.10. The molecule has 44 valence electrons. The van der Waals surface area contributed by atoms with Crippen LogP contribution in [0.4, 0.5) is 5.69 Å². The zero-order valence-electron chi connectivity index (χ0n) is 4.72. The van der Waals surface area contributed by atoms with Crippen LogP contribution >= 0.6 is 0 Å². The molecule has 1 nitrogen and oxygen atoms in total. The van der Waals surface area contributed by atoms with Gasteiger partial charge in [0.1, 0.15) is 0 Å². The van der Waals surface area contributed by atoms with Gasteiger partial charge in [0.2, 0.25) is 0 Å². The Morgan fingerprint density at radius 2 is 2.22 bits per heavy atom. The minimum atomic E-state index is -0.0985. The topological polar surface area (TPSA) is 12.0 Å². The minimum absolute atomic E-state index is 0.0985. The van der Waals surface area contributed by atoms with E-state index in [2.05, 4.69) is 28.1 Å². The van der Waals surface area contributed by atoms with Crippen molar-refractivity contribution in [1.29, 1.82) is 0 Å². The van der Waals surface area contributed by atoms with E-state index in [1.54, 1.807) is 0 Å². The van der Waals surface area contributed by atoms with Gasteiger partial charge in [-0.2, -0.15) is 0 Å². The van der Waals surface area contributed by atoms with E-state index in [0.717, 1.165) is 0 Å². The summed E-state index contributed by atoms with van der Waals surface area (Å²) in [5.41, 5.74) is 1.26. The van der Waals surface area contributed by atoms with Gasteiger partial charge in [0, 0.05) is 0 Å². The van der Waals surface area contributed by atoms with E-state index in [0.29, 0.717) is 0 Å². The Balaban J connectivity index is 2.54. The molecule has 0 amide bonds. The molecule has 1 aliphatic rings. The average Bonchev–Trinajstić information content (AvgIpc) is 2.33. The number of fused-ring (bicyclic) bond motifs is 1. The summed E-state index contributed by atoms with van der Waals surface area (Å²) in [4.78, 5) is 0. The molecule has 1 aliphatic heterocycles. The van der Waals surface area contributed by atoms with Crippen molar-refractivity contribution >= 4 is 30.2 Å². The van der Waals surface area contributed by atoms with Gasteiger partial charge >= 0.3 is 64.4 Å². The predicted octanol–water partition coefficient (Wildman–Crippen LogP) is 0.438. The number of hydrogen-bond donors (Lipinski definition) is 1. The maximum absolute atomic E-state index is 3.17. The Hall–Kier alpha value is -0.190. The Labute approximate surface area is 64.5 Å². The fourth-order valence-electron chi connectivity index (χ4n) is 0.794. The molecule has 0 aliphatic carbocycles. The first-order valence-corrected chi connectivity index (χ1v) is 5.07. The number of nitrogens with one attached hydrogen (secondary N) is 1. The van der Waals surface area contributed by atoms with Gasteiger partial charge in [-0.15, -0.1) is 0 Å². The number of anilines is 1. The molecule has 1 N–H and O–H groups in total. The van der Waals surface area contributed by atoms with Crippen LogP contribution in [0.3, 0.4) is 0 Å². The van der Waals surface area contributed by atoms with Gasteiger partial charge in [0.05, 0.1) is 0 Å². The summed E-state index contributed by atoms with van der Waals surface area (Å²) in [6.45, 7) is 0. The molecular weight excluding hydrogens is 226 g/mol. The monoisotopic (exact) mass is 233 g/mol. The zero-order valence-corrected chi connectivity index (χ0v) is 7.05. The molecule has 0 bridgehead atoms. The van der Waals surface area contributed by atoms with Crippen molar-refractivity contribution in [2.24, 2.45) is 0 Å². The standard InChI is InChI=1S/C7H5NTe/c1-2-4-7-6(3-1)8-5-9-7/h1-4,8H. The number of benzene rings is 1.